The molecule has 0 aliphatic rings. The molecule has 2 N–H and O–H groups in total. The average molecular weight is 236 g/mol. The van der Waals surface area contributed by atoms with E-state index in [-0.39, 0.29) is 13.2 Å². The van der Waals surface area contributed by atoms with Gasteiger partial charge in [-0.1, -0.05) is 0 Å². The minimum Gasteiger partial charge on any atom is -0.497 e. The van der Waals surface area contributed by atoms with Crippen molar-refractivity contribution < 1.29 is 14.9 Å². The van der Waals surface area contributed by atoms with E-state index in [1.165, 1.54) is 0 Å². The molecule has 5 nitrogen and oxygen atoms in total. The summed E-state index contributed by atoms with van der Waals surface area (Å²) in [5.41, 5.74) is 1.16. The molecular formula is C12H16N2O3. The Labute approximate surface area is 100 Å². The standard InChI is InChI=1S/C12H16N2O3/c1-17-11-3-2-10(9-13)12(8-11)14(4-6-15)5-7-16/h2-3,8,15-16H,4-7H2,1H3. The first kappa shape index (κ1) is 13.3. The van der Waals surface area contributed by atoms with Crippen molar-refractivity contribution >= 4 is 5.69 Å². The normalized spacial score (nSPS) is 9.76. The predicted molar refractivity (Wildman–Crippen MR) is 64.1 cm³/mol. The first-order valence-electron chi connectivity index (χ1n) is 5.31. The molecule has 0 saturated heterocycles. The first-order valence-corrected chi connectivity index (χ1v) is 5.31. The molecule has 1 rings (SSSR count). The van der Waals surface area contributed by atoms with Crippen LogP contribution in [0.4, 0.5) is 5.69 Å². The van der Waals surface area contributed by atoms with Gasteiger partial charge in [0.2, 0.25) is 0 Å². The third-order valence-corrected chi connectivity index (χ3v) is 2.41. The van der Waals surface area contributed by atoms with Gasteiger partial charge in [0.1, 0.15) is 11.8 Å². The molecule has 0 radical (unpaired) electrons. The molecule has 0 heterocycles. The molecule has 5 heteroatoms. The highest BCUT2D eigenvalue weighted by Gasteiger charge is 2.11. The van der Waals surface area contributed by atoms with E-state index in [0.29, 0.717) is 30.1 Å². The highest BCUT2D eigenvalue weighted by Crippen LogP contribution is 2.25. The van der Waals surface area contributed by atoms with E-state index >= 15 is 0 Å². The Bertz CT molecular complexity index is 395. The van der Waals surface area contributed by atoms with Crippen molar-refractivity contribution in [2.24, 2.45) is 0 Å². The van der Waals surface area contributed by atoms with Crippen LogP contribution in [0.5, 0.6) is 5.75 Å². The minimum atomic E-state index is -0.0396. The molecule has 17 heavy (non-hydrogen) atoms. The third kappa shape index (κ3) is 3.34. The predicted octanol–water partition coefficient (Wildman–Crippen LogP) is 0.358. The van der Waals surface area contributed by atoms with Gasteiger partial charge in [0, 0.05) is 19.2 Å². The van der Waals surface area contributed by atoms with Crippen LogP contribution in [0.15, 0.2) is 18.2 Å². The van der Waals surface area contributed by atoms with Gasteiger partial charge in [-0.2, -0.15) is 5.26 Å². The zero-order valence-corrected chi connectivity index (χ0v) is 9.76. The quantitative estimate of drug-likeness (QED) is 0.745. The molecule has 0 aliphatic heterocycles. The van der Waals surface area contributed by atoms with E-state index < -0.39 is 0 Å². The molecule has 0 fully saturated rings. The SMILES string of the molecule is COc1ccc(C#N)c(N(CCO)CCO)c1. The molecule has 0 saturated carbocycles. The maximum atomic E-state index is 9.02. The van der Waals surface area contributed by atoms with Crippen molar-refractivity contribution in [1.29, 1.82) is 5.26 Å². The van der Waals surface area contributed by atoms with Gasteiger partial charge in [-0.3, -0.25) is 0 Å². The maximum Gasteiger partial charge on any atom is 0.121 e. The van der Waals surface area contributed by atoms with Crippen molar-refractivity contribution in [1.82, 2.24) is 0 Å². The molecular weight excluding hydrogens is 220 g/mol. The summed E-state index contributed by atoms with van der Waals surface area (Å²) in [4.78, 5) is 1.75. The highest BCUT2D eigenvalue weighted by atomic mass is 16.5. The van der Waals surface area contributed by atoms with E-state index in [2.05, 4.69) is 6.07 Å². The molecule has 0 spiro atoms. The number of nitrogens with zero attached hydrogens (tertiary/aromatic N) is 2. The lowest BCUT2D eigenvalue weighted by molar-refractivity contribution is 0.281. The van der Waals surface area contributed by atoms with Crippen LogP contribution in [-0.4, -0.2) is 43.6 Å². The first-order chi connectivity index (χ1) is 8.26. The second-order valence-electron chi connectivity index (χ2n) is 3.43. The maximum absolute atomic E-state index is 9.02. The summed E-state index contributed by atoms with van der Waals surface area (Å²) in [6.45, 7) is 0.648. The number of anilines is 1. The van der Waals surface area contributed by atoms with Crippen molar-refractivity contribution in [2.75, 3.05) is 38.3 Å². The Balaban J connectivity index is 3.09. The summed E-state index contributed by atoms with van der Waals surface area (Å²) in [5, 5.41) is 27.0. The summed E-state index contributed by atoms with van der Waals surface area (Å²) in [6, 6.07) is 7.18. The van der Waals surface area contributed by atoms with Gasteiger partial charge in [-0.25, -0.2) is 0 Å². The average Bonchev–Trinajstić information content (AvgIpc) is 2.37. The Hall–Kier alpha value is -1.77. The molecule has 0 aliphatic carbocycles. The number of hydrogen-bond donors (Lipinski definition) is 2. The van der Waals surface area contributed by atoms with Gasteiger partial charge < -0.3 is 19.8 Å². The largest absolute Gasteiger partial charge is 0.497 e. The Morgan fingerprint density at radius 1 is 1.29 bits per heavy atom. The van der Waals surface area contributed by atoms with Crippen molar-refractivity contribution in [3.63, 3.8) is 0 Å². The molecule has 0 amide bonds. The summed E-state index contributed by atoms with van der Waals surface area (Å²) in [5.74, 6) is 0.639. The lowest BCUT2D eigenvalue weighted by atomic mass is 10.1. The highest BCUT2D eigenvalue weighted by molar-refractivity contribution is 5.62. The van der Waals surface area contributed by atoms with Crippen LogP contribution in [0.2, 0.25) is 0 Å². The molecule has 0 atom stereocenters. The van der Waals surface area contributed by atoms with Crippen LogP contribution < -0.4 is 9.64 Å². The summed E-state index contributed by atoms with van der Waals surface area (Å²) in [6.07, 6.45) is 0. The Morgan fingerprint density at radius 2 is 1.94 bits per heavy atom. The zero-order chi connectivity index (χ0) is 12.7. The van der Waals surface area contributed by atoms with Gasteiger partial charge in [0.15, 0.2) is 0 Å². The lowest BCUT2D eigenvalue weighted by Crippen LogP contribution is -2.30. The number of nitriles is 1. The zero-order valence-electron chi connectivity index (χ0n) is 9.76. The molecule has 1 aromatic rings. The number of benzene rings is 1. The van der Waals surface area contributed by atoms with Crippen molar-refractivity contribution in [3.05, 3.63) is 23.8 Å². The van der Waals surface area contributed by atoms with Gasteiger partial charge in [0.25, 0.3) is 0 Å². The van der Waals surface area contributed by atoms with E-state index in [0.717, 1.165) is 0 Å². The number of methoxy groups -OCH3 is 1. The third-order valence-electron chi connectivity index (χ3n) is 2.41. The van der Waals surface area contributed by atoms with Crippen LogP contribution in [0.25, 0.3) is 0 Å². The number of ether oxygens (including phenoxy) is 1. The van der Waals surface area contributed by atoms with Gasteiger partial charge in [0.05, 0.1) is 31.6 Å². The van der Waals surface area contributed by atoms with Gasteiger partial charge >= 0.3 is 0 Å². The van der Waals surface area contributed by atoms with Gasteiger partial charge in [-0.15, -0.1) is 0 Å². The summed E-state index contributed by atoms with van der Waals surface area (Å²) >= 11 is 0. The Kier molecular flexibility index (Phi) is 5.27. The van der Waals surface area contributed by atoms with E-state index in [1.807, 2.05) is 0 Å². The molecule has 0 unspecified atom stereocenters. The topological polar surface area (TPSA) is 76.7 Å². The van der Waals surface area contributed by atoms with E-state index in [4.69, 9.17) is 20.2 Å². The van der Waals surface area contributed by atoms with Gasteiger partial charge in [-0.05, 0) is 12.1 Å². The van der Waals surface area contributed by atoms with Crippen molar-refractivity contribution in [2.45, 2.75) is 0 Å². The fraction of sp³-hybridized carbons (Fsp3) is 0.417. The number of aliphatic hydroxyl groups excluding tert-OH is 2. The molecule has 0 bridgehead atoms. The monoisotopic (exact) mass is 236 g/mol. The molecule has 0 aromatic heterocycles. The van der Waals surface area contributed by atoms with Crippen LogP contribution in [0, 0.1) is 11.3 Å². The van der Waals surface area contributed by atoms with Crippen molar-refractivity contribution in [3.8, 4) is 11.8 Å². The second-order valence-corrected chi connectivity index (χ2v) is 3.43. The fourth-order valence-corrected chi connectivity index (χ4v) is 1.59. The molecule has 1 aromatic carbocycles. The van der Waals surface area contributed by atoms with E-state index in [1.54, 1.807) is 30.2 Å². The van der Waals surface area contributed by atoms with Crippen LogP contribution in [0.1, 0.15) is 5.56 Å². The molecule has 92 valence electrons. The number of hydrogen-bond acceptors (Lipinski definition) is 5. The fourth-order valence-electron chi connectivity index (χ4n) is 1.59. The van der Waals surface area contributed by atoms with Crippen LogP contribution in [-0.2, 0) is 0 Å². The number of aliphatic hydroxyl groups is 2. The Morgan fingerprint density at radius 3 is 2.41 bits per heavy atom. The summed E-state index contributed by atoms with van der Waals surface area (Å²) in [7, 11) is 1.55. The minimum absolute atomic E-state index is 0.0396. The van der Waals surface area contributed by atoms with E-state index in [9.17, 15) is 0 Å². The second kappa shape index (κ2) is 6.74. The smallest absolute Gasteiger partial charge is 0.121 e. The van der Waals surface area contributed by atoms with Crippen LogP contribution in [0.3, 0.4) is 0 Å². The number of rotatable bonds is 6. The summed E-state index contributed by atoms with van der Waals surface area (Å²) < 4.78 is 5.10. The lowest BCUT2D eigenvalue weighted by Gasteiger charge is -2.24. The van der Waals surface area contributed by atoms with Crippen LogP contribution >= 0.6 is 0 Å².